The lowest BCUT2D eigenvalue weighted by atomic mass is 9.78. The van der Waals surface area contributed by atoms with Crippen LogP contribution in [0.2, 0.25) is 0 Å². The second kappa shape index (κ2) is 6.43. The topological polar surface area (TPSA) is 39.2 Å². The van der Waals surface area contributed by atoms with Gasteiger partial charge in [0.05, 0.1) is 6.10 Å². The van der Waals surface area contributed by atoms with Crippen LogP contribution in [0.1, 0.15) is 31.7 Å². The Bertz CT molecular complexity index is 416. The van der Waals surface area contributed by atoms with Gasteiger partial charge in [-0.2, -0.15) is 0 Å². The first-order valence-electron chi connectivity index (χ1n) is 6.40. The first-order chi connectivity index (χ1) is 8.67. The van der Waals surface area contributed by atoms with Gasteiger partial charge in [0.25, 0.3) is 0 Å². The summed E-state index contributed by atoms with van der Waals surface area (Å²) in [7, 11) is 0. The highest BCUT2D eigenvalue weighted by molar-refractivity contribution is 9.10. The molecule has 0 radical (unpaired) electrons. The zero-order valence-corrected chi connectivity index (χ0v) is 12.1. The van der Waals surface area contributed by atoms with Gasteiger partial charge in [-0.25, -0.2) is 0 Å². The Morgan fingerprint density at radius 2 is 2.28 bits per heavy atom. The third-order valence-corrected chi connectivity index (χ3v) is 3.71. The number of carbonyl (C=O) groups is 1. The highest BCUT2D eigenvalue weighted by Gasteiger charge is 2.30. The first-order valence-corrected chi connectivity index (χ1v) is 7.19. The summed E-state index contributed by atoms with van der Waals surface area (Å²) >= 11 is 3.36. The van der Waals surface area contributed by atoms with Crippen molar-refractivity contribution < 1.29 is 9.53 Å². The Labute approximate surface area is 116 Å². The molecule has 0 atom stereocenters. The van der Waals surface area contributed by atoms with Gasteiger partial charge < -0.3 is 4.74 Å². The molecule has 98 valence electrons. The number of nitrogens with zero attached hydrogens (tertiary/aromatic N) is 1. The number of carbonyl (C=O) groups excluding carboxylic acids is 1. The Balaban J connectivity index is 1.73. The number of Topliss-reactive ketones (excluding diaryl/α,β-unsaturated/α-hetero) is 1. The predicted molar refractivity (Wildman–Crippen MR) is 73.4 cm³/mol. The number of ether oxygens (including phenoxy) is 1. The largest absolute Gasteiger partial charge is 0.378 e. The van der Waals surface area contributed by atoms with Gasteiger partial charge in [0, 0.05) is 36.3 Å². The molecular weight excluding hydrogens is 294 g/mol. The van der Waals surface area contributed by atoms with Crippen molar-refractivity contribution in [2.45, 2.75) is 38.7 Å². The van der Waals surface area contributed by atoms with Crippen LogP contribution in [0.3, 0.4) is 0 Å². The van der Waals surface area contributed by atoms with Crippen LogP contribution < -0.4 is 0 Å². The summed E-state index contributed by atoms with van der Waals surface area (Å²) in [4.78, 5) is 16.0. The van der Waals surface area contributed by atoms with Crippen molar-refractivity contribution in [3.8, 4) is 0 Å². The van der Waals surface area contributed by atoms with Crippen LogP contribution >= 0.6 is 15.9 Å². The third-order valence-electron chi connectivity index (χ3n) is 3.27. The van der Waals surface area contributed by atoms with E-state index in [0.29, 0.717) is 30.6 Å². The standard InChI is InChI=1S/C14H18BrNO2/c1-2-18-14-6-10(7-14)4-13(17)5-11-3-12(15)9-16-8-11/h3,8-10,14H,2,4-7H2,1H3. The van der Waals surface area contributed by atoms with Crippen LogP contribution in [-0.4, -0.2) is 23.5 Å². The Morgan fingerprint density at radius 3 is 2.94 bits per heavy atom. The average molecular weight is 312 g/mol. The van der Waals surface area contributed by atoms with Crippen molar-refractivity contribution >= 4 is 21.7 Å². The number of halogens is 1. The second-order valence-electron chi connectivity index (χ2n) is 4.85. The minimum atomic E-state index is 0.301. The van der Waals surface area contributed by atoms with E-state index < -0.39 is 0 Å². The van der Waals surface area contributed by atoms with Crippen LogP contribution in [0.5, 0.6) is 0 Å². The van der Waals surface area contributed by atoms with Crippen LogP contribution in [0, 0.1) is 5.92 Å². The summed E-state index contributed by atoms with van der Waals surface area (Å²) < 4.78 is 6.42. The minimum absolute atomic E-state index is 0.301. The quantitative estimate of drug-likeness (QED) is 0.810. The van der Waals surface area contributed by atoms with Gasteiger partial charge in [-0.15, -0.1) is 0 Å². The normalized spacial score (nSPS) is 22.6. The van der Waals surface area contributed by atoms with E-state index in [0.717, 1.165) is 29.5 Å². The van der Waals surface area contributed by atoms with E-state index in [4.69, 9.17) is 4.74 Å². The molecule has 0 N–H and O–H groups in total. The van der Waals surface area contributed by atoms with Crippen LogP contribution in [-0.2, 0) is 16.0 Å². The lowest BCUT2D eigenvalue weighted by Crippen LogP contribution is -2.33. The lowest BCUT2D eigenvalue weighted by Gasteiger charge is -2.34. The number of hydrogen-bond acceptors (Lipinski definition) is 3. The van der Waals surface area contributed by atoms with Crippen LogP contribution in [0.4, 0.5) is 0 Å². The molecule has 0 spiro atoms. The third kappa shape index (κ3) is 3.89. The fourth-order valence-corrected chi connectivity index (χ4v) is 2.80. The van der Waals surface area contributed by atoms with Gasteiger partial charge in [0.15, 0.2) is 0 Å². The molecule has 1 fully saturated rings. The van der Waals surface area contributed by atoms with Crippen LogP contribution in [0.15, 0.2) is 22.9 Å². The zero-order chi connectivity index (χ0) is 13.0. The molecule has 3 nitrogen and oxygen atoms in total. The van der Waals surface area contributed by atoms with Gasteiger partial charge in [-0.05, 0) is 53.2 Å². The van der Waals surface area contributed by atoms with Crippen molar-refractivity contribution in [1.82, 2.24) is 4.98 Å². The maximum Gasteiger partial charge on any atom is 0.137 e. The molecule has 0 bridgehead atoms. The van der Waals surface area contributed by atoms with E-state index in [1.807, 2.05) is 13.0 Å². The zero-order valence-electron chi connectivity index (χ0n) is 10.6. The molecule has 1 heterocycles. The Kier molecular flexibility index (Phi) is 4.89. The Hall–Kier alpha value is -0.740. The van der Waals surface area contributed by atoms with Crippen molar-refractivity contribution in [2.75, 3.05) is 6.61 Å². The maximum atomic E-state index is 11.9. The maximum absolute atomic E-state index is 11.9. The molecule has 1 saturated carbocycles. The van der Waals surface area contributed by atoms with E-state index >= 15 is 0 Å². The number of ketones is 1. The van der Waals surface area contributed by atoms with Gasteiger partial charge in [0.2, 0.25) is 0 Å². The van der Waals surface area contributed by atoms with Gasteiger partial charge in [0.1, 0.15) is 5.78 Å². The first kappa shape index (κ1) is 13.7. The molecule has 1 aromatic heterocycles. The molecule has 2 rings (SSSR count). The van der Waals surface area contributed by atoms with E-state index in [2.05, 4.69) is 20.9 Å². The monoisotopic (exact) mass is 311 g/mol. The molecule has 0 aromatic carbocycles. The highest BCUT2D eigenvalue weighted by atomic mass is 79.9. The fourth-order valence-electron chi connectivity index (χ4n) is 2.39. The summed E-state index contributed by atoms with van der Waals surface area (Å²) in [6, 6.07) is 1.95. The molecule has 1 aromatic rings. The van der Waals surface area contributed by atoms with E-state index in [9.17, 15) is 4.79 Å². The van der Waals surface area contributed by atoms with Gasteiger partial charge in [-0.3, -0.25) is 9.78 Å². The highest BCUT2D eigenvalue weighted by Crippen LogP contribution is 2.33. The molecule has 0 unspecified atom stereocenters. The summed E-state index contributed by atoms with van der Waals surface area (Å²) in [6.45, 7) is 2.79. The van der Waals surface area contributed by atoms with Crippen LogP contribution in [0.25, 0.3) is 0 Å². The van der Waals surface area contributed by atoms with Crippen molar-refractivity contribution in [2.24, 2.45) is 5.92 Å². The fraction of sp³-hybridized carbons (Fsp3) is 0.571. The molecule has 18 heavy (non-hydrogen) atoms. The summed E-state index contributed by atoms with van der Waals surface area (Å²) in [5.74, 6) is 0.823. The SMILES string of the molecule is CCOC1CC(CC(=O)Cc2cncc(Br)c2)C1. The number of pyridine rings is 1. The second-order valence-corrected chi connectivity index (χ2v) is 5.76. The van der Waals surface area contributed by atoms with Gasteiger partial charge in [-0.1, -0.05) is 0 Å². The van der Waals surface area contributed by atoms with Gasteiger partial charge >= 0.3 is 0 Å². The number of hydrogen-bond donors (Lipinski definition) is 0. The van der Waals surface area contributed by atoms with E-state index in [1.165, 1.54) is 0 Å². The predicted octanol–water partition coefficient (Wildman–Crippen LogP) is 3.16. The molecule has 0 aliphatic heterocycles. The molecule has 4 heteroatoms. The summed E-state index contributed by atoms with van der Waals surface area (Å²) in [5, 5.41) is 0. The smallest absolute Gasteiger partial charge is 0.137 e. The van der Waals surface area contributed by atoms with E-state index in [-0.39, 0.29) is 0 Å². The molecular formula is C14H18BrNO2. The van der Waals surface area contributed by atoms with Crippen molar-refractivity contribution in [1.29, 1.82) is 0 Å². The van der Waals surface area contributed by atoms with Crippen molar-refractivity contribution in [3.05, 3.63) is 28.5 Å². The number of aromatic nitrogens is 1. The Morgan fingerprint density at radius 1 is 1.50 bits per heavy atom. The van der Waals surface area contributed by atoms with E-state index in [1.54, 1.807) is 12.4 Å². The summed E-state index contributed by atoms with van der Waals surface area (Å²) in [5.41, 5.74) is 0.982. The minimum Gasteiger partial charge on any atom is -0.378 e. The average Bonchev–Trinajstić information content (AvgIpc) is 2.26. The molecule has 0 saturated heterocycles. The lowest BCUT2D eigenvalue weighted by molar-refractivity contribution is -0.121. The molecule has 1 aliphatic carbocycles. The van der Waals surface area contributed by atoms with Crippen molar-refractivity contribution in [3.63, 3.8) is 0 Å². The number of rotatable bonds is 6. The summed E-state index contributed by atoms with van der Waals surface area (Å²) in [6.07, 6.45) is 7.12. The molecule has 1 aliphatic rings. The molecule has 0 amide bonds.